The molecule has 0 bridgehead atoms. The first kappa shape index (κ1) is 18.6. The SMILES string of the molecule is COc1ccc(/C(=C/c2c(OC)cc(OC)cc2OC)C2=CC=CC2)cc1. The predicted octanol–water partition coefficient (Wildman–Crippen LogP) is 5.15. The van der Waals surface area contributed by atoms with Crippen LogP contribution in [-0.4, -0.2) is 28.4 Å². The van der Waals surface area contributed by atoms with Crippen LogP contribution in [0.1, 0.15) is 17.5 Å². The molecule has 0 unspecified atom stereocenters. The van der Waals surface area contributed by atoms with Crippen LogP contribution in [0.4, 0.5) is 0 Å². The molecule has 0 aromatic heterocycles. The minimum Gasteiger partial charge on any atom is -0.497 e. The summed E-state index contributed by atoms with van der Waals surface area (Å²) in [5, 5.41) is 0. The highest BCUT2D eigenvalue weighted by atomic mass is 16.5. The maximum atomic E-state index is 5.61. The summed E-state index contributed by atoms with van der Waals surface area (Å²) in [6.45, 7) is 0. The fourth-order valence-corrected chi connectivity index (χ4v) is 3.10. The minimum atomic E-state index is 0.689. The molecule has 27 heavy (non-hydrogen) atoms. The molecule has 4 heteroatoms. The number of ether oxygens (including phenoxy) is 4. The van der Waals surface area contributed by atoms with Crippen LogP contribution in [0.2, 0.25) is 0 Å². The second-order valence-corrected chi connectivity index (χ2v) is 6.06. The molecule has 0 spiro atoms. The first-order chi connectivity index (χ1) is 13.2. The quantitative estimate of drug-likeness (QED) is 0.637. The molecular formula is C23H24O4. The summed E-state index contributed by atoms with van der Waals surface area (Å²) in [4.78, 5) is 0. The molecule has 1 aliphatic rings. The Hall–Kier alpha value is -3.14. The van der Waals surface area contributed by atoms with Crippen molar-refractivity contribution >= 4 is 11.6 Å². The molecule has 0 radical (unpaired) electrons. The van der Waals surface area contributed by atoms with E-state index >= 15 is 0 Å². The van der Waals surface area contributed by atoms with Crippen molar-refractivity contribution in [3.8, 4) is 23.0 Å². The lowest BCUT2D eigenvalue weighted by Crippen LogP contribution is -1.96. The van der Waals surface area contributed by atoms with Gasteiger partial charge in [0.1, 0.15) is 23.0 Å². The Kier molecular flexibility index (Phi) is 5.87. The summed E-state index contributed by atoms with van der Waals surface area (Å²) in [6.07, 6.45) is 9.36. The van der Waals surface area contributed by atoms with E-state index in [4.69, 9.17) is 18.9 Å². The van der Waals surface area contributed by atoms with Crippen molar-refractivity contribution < 1.29 is 18.9 Å². The van der Waals surface area contributed by atoms with Crippen LogP contribution >= 0.6 is 0 Å². The molecular weight excluding hydrogens is 340 g/mol. The van der Waals surface area contributed by atoms with Gasteiger partial charge in [0, 0.05) is 12.1 Å². The molecule has 140 valence electrons. The van der Waals surface area contributed by atoms with E-state index in [0.717, 1.165) is 28.9 Å². The smallest absolute Gasteiger partial charge is 0.133 e. The van der Waals surface area contributed by atoms with E-state index in [1.54, 1.807) is 28.4 Å². The zero-order valence-electron chi connectivity index (χ0n) is 16.1. The lowest BCUT2D eigenvalue weighted by atomic mass is 9.94. The average Bonchev–Trinajstić information content (AvgIpc) is 3.26. The van der Waals surface area contributed by atoms with Crippen LogP contribution in [0.15, 0.2) is 60.2 Å². The Morgan fingerprint density at radius 3 is 1.93 bits per heavy atom. The van der Waals surface area contributed by atoms with Crippen molar-refractivity contribution in [3.05, 3.63) is 71.3 Å². The standard InChI is InChI=1S/C23H24O4/c1-24-18-11-9-17(10-12-18)20(16-7-5-6-8-16)15-21-22(26-3)13-19(25-2)14-23(21)27-4/h5-7,9-15H,8H2,1-4H3/b20-15+. The number of benzene rings is 2. The first-order valence-corrected chi connectivity index (χ1v) is 8.72. The number of methoxy groups -OCH3 is 4. The fraction of sp³-hybridized carbons (Fsp3) is 0.217. The lowest BCUT2D eigenvalue weighted by molar-refractivity contribution is 0.374. The number of hydrogen-bond donors (Lipinski definition) is 0. The van der Waals surface area contributed by atoms with E-state index < -0.39 is 0 Å². The van der Waals surface area contributed by atoms with Crippen molar-refractivity contribution in [2.75, 3.05) is 28.4 Å². The highest BCUT2D eigenvalue weighted by Crippen LogP contribution is 2.39. The Balaban J connectivity index is 2.16. The van der Waals surface area contributed by atoms with E-state index in [0.29, 0.717) is 17.2 Å². The van der Waals surface area contributed by atoms with Crippen molar-refractivity contribution in [1.82, 2.24) is 0 Å². The van der Waals surface area contributed by atoms with Gasteiger partial charge in [-0.1, -0.05) is 30.4 Å². The predicted molar refractivity (Wildman–Crippen MR) is 109 cm³/mol. The van der Waals surface area contributed by atoms with Crippen LogP contribution in [0.25, 0.3) is 11.6 Å². The van der Waals surface area contributed by atoms with E-state index in [2.05, 4.69) is 36.4 Å². The third-order valence-corrected chi connectivity index (χ3v) is 4.56. The first-order valence-electron chi connectivity index (χ1n) is 8.72. The highest BCUT2D eigenvalue weighted by molar-refractivity contribution is 5.94. The Morgan fingerprint density at radius 2 is 1.44 bits per heavy atom. The molecule has 2 aromatic carbocycles. The van der Waals surface area contributed by atoms with Crippen LogP contribution in [0, 0.1) is 0 Å². The van der Waals surface area contributed by atoms with Gasteiger partial charge in [0.15, 0.2) is 0 Å². The Bertz CT molecular complexity index is 864. The topological polar surface area (TPSA) is 36.9 Å². The van der Waals surface area contributed by atoms with Gasteiger partial charge in [0.25, 0.3) is 0 Å². The van der Waals surface area contributed by atoms with Gasteiger partial charge in [-0.05, 0) is 41.3 Å². The zero-order valence-corrected chi connectivity index (χ0v) is 16.1. The fourth-order valence-electron chi connectivity index (χ4n) is 3.10. The molecule has 2 aromatic rings. The molecule has 0 atom stereocenters. The maximum Gasteiger partial charge on any atom is 0.133 e. The maximum absolute atomic E-state index is 5.61. The van der Waals surface area contributed by atoms with Crippen LogP contribution in [-0.2, 0) is 0 Å². The lowest BCUT2D eigenvalue weighted by Gasteiger charge is -2.16. The van der Waals surface area contributed by atoms with Gasteiger partial charge in [-0.25, -0.2) is 0 Å². The molecule has 0 heterocycles. The van der Waals surface area contributed by atoms with Gasteiger partial charge in [-0.2, -0.15) is 0 Å². The molecule has 0 aliphatic heterocycles. The van der Waals surface area contributed by atoms with Crippen molar-refractivity contribution in [2.24, 2.45) is 0 Å². The molecule has 0 saturated carbocycles. The van der Waals surface area contributed by atoms with E-state index in [1.807, 2.05) is 24.3 Å². The second-order valence-electron chi connectivity index (χ2n) is 6.06. The summed E-state index contributed by atoms with van der Waals surface area (Å²) in [6, 6.07) is 11.8. The summed E-state index contributed by atoms with van der Waals surface area (Å²) < 4.78 is 21.9. The van der Waals surface area contributed by atoms with Crippen molar-refractivity contribution in [3.63, 3.8) is 0 Å². The van der Waals surface area contributed by atoms with Crippen LogP contribution < -0.4 is 18.9 Å². The number of hydrogen-bond acceptors (Lipinski definition) is 4. The average molecular weight is 364 g/mol. The van der Waals surface area contributed by atoms with Gasteiger partial charge in [0.2, 0.25) is 0 Å². The zero-order chi connectivity index (χ0) is 19.2. The van der Waals surface area contributed by atoms with Crippen LogP contribution in [0.5, 0.6) is 23.0 Å². The van der Waals surface area contributed by atoms with Crippen molar-refractivity contribution in [2.45, 2.75) is 6.42 Å². The van der Waals surface area contributed by atoms with Gasteiger partial charge in [-0.15, -0.1) is 0 Å². The number of allylic oxidation sites excluding steroid dienone is 5. The van der Waals surface area contributed by atoms with E-state index in [-0.39, 0.29) is 0 Å². The Morgan fingerprint density at radius 1 is 0.815 bits per heavy atom. The molecule has 1 aliphatic carbocycles. The van der Waals surface area contributed by atoms with Crippen LogP contribution in [0.3, 0.4) is 0 Å². The normalized spacial score (nSPS) is 13.3. The molecule has 4 nitrogen and oxygen atoms in total. The number of rotatable bonds is 7. The molecule has 0 fully saturated rings. The van der Waals surface area contributed by atoms with Gasteiger partial charge >= 0.3 is 0 Å². The second kappa shape index (κ2) is 8.49. The van der Waals surface area contributed by atoms with E-state index in [9.17, 15) is 0 Å². The third kappa shape index (κ3) is 4.00. The monoisotopic (exact) mass is 364 g/mol. The van der Waals surface area contributed by atoms with E-state index in [1.165, 1.54) is 5.57 Å². The minimum absolute atomic E-state index is 0.689. The molecule has 0 N–H and O–H groups in total. The Labute approximate surface area is 160 Å². The van der Waals surface area contributed by atoms with Crippen molar-refractivity contribution in [1.29, 1.82) is 0 Å². The molecule has 0 amide bonds. The third-order valence-electron chi connectivity index (χ3n) is 4.56. The molecule has 0 saturated heterocycles. The molecule has 3 rings (SSSR count). The summed E-state index contributed by atoms with van der Waals surface area (Å²) in [5.41, 5.74) is 4.33. The highest BCUT2D eigenvalue weighted by Gasteiger charge is 2.16. The summed E-state index contributed by atoms with van der Waals surface area (Å²) >= 11 is 0. The largest absolute Gasteiger partial charge is 0.497 e. The van der Waals surface area contributed by atoms with Gasteiger partial charge in [-0.3, -0.25) is 0 Å². The summed E-state index contributed by atoms with van der Waals surface area (Å²) in [5.74, 6) is 2.91. The summed E-state index contributed by atoms with van der Waals surface area (Å²) in [7, 11) is 6.59. The van der Waals surface area contributed by atoms with Gasteiger partial charge in [0.05, 0.1) is 34.0 Å². The van der Waals surface area contributed by atoms with Gasteiger partial charge < -0.3 is 18.9 Å².